The van der Waals surface area contributed by atoms with Crippen LogP contribution in [0.2, 0.25) is 0 Å². The number of phenolic OH excluding ortho intramolecular Hbond substituents is 1. The zero-order valence-electron chi connectivity index (χ0n) is 17.2. The second kappa shape index (κ2) is 12.1. The predicted molar refractivity (Wildman–Crippen MR) is 130 cm³/mol. The van der Waals surface area contributed by atoms with Gasteiger partial charge in [0, 0.05) is 31.0 Å². The molecule has 0 saturated heterocycles. The van der Waals surface area contributed by atoms with Crippen LogP contribution in [0.1, 0.15) is 18.1 Å². The minimum Gasteiger partial charge on any atom is -0.504 e. The Kier molecular flexibility index (Phi) is 9.46. The maximum atomic E-state index is 10.2. The molecule has 160 valence electrons. The van der Waals surface area contributed by atoms with Gasteiger partial charge in [-0.2, -0.15) is 5.10 Å². The number of phenols is 1. The van der Waals surface area contributed by atoms with Crippen molar-refractivity contribution >= 4 is 29.9 Å². The van der Waals surface area contributed by atoms with Crippen molar-refractivity contribution in [2.75, 3.05) is 20.2 Å². The standard InChI is InChI=1S/C22H27N5O2.HI/c1-3-23-22(25-16-18-6-4-7-20(29-2)21(18)28)24-14-12-17-8-10-19(11-9-17)27-15-5-13-26-27;/h4-11,13,15,28H,3,12,14,16H2,1-2H3,(H2,23,24,25);1H. The van der Waals surface area contributed by atoms with Crippen molar-refractivity contribution in [2.45, 2.75) is 19.9 Å². The molecule has 3 aromatic rings. The first-order valence-corrected chi connectivity index (χ1v) is 9.67. The molecular weight excluding hydrogens is 493 g/mol. The van der Waals surface area contributed by atoms with Crippen molar-refractivity contribution < 1.29 is 9.84 Å². The third kappa shape index (κ3) is 6.38. The fourth-order valence-electron chi connectivity index (χ4n) is 2.93. The van der Waals surface area contributed by atoms with Crippen molar-refractivity contribution in [3.05, 3.63) is 72.1 Å². The molecule has 0 amide bonds. The van der Waals surface area contributed by atoms with Gasteiger partial charge in [-0.25, -0.2) is 9.67 Å². The van der Waals surface area contributed by atoms with Gasteiger partial charge in [-0.3, -0.25) is 0 Å². The van der Waals surface area contributed by atoms with Gasteiger partial charge in [0.2, 0.25) is 0 Å². The van der Waals surface area contributed by atoms with Crippen LogP contribution in [0.15, 0.2) is 65.9 Å². The number of aromatic nitrogens is 2. The molecule has 0 spiro atoms. The molecule has 0 fully saturated rings. The lowest BCUT2D eigenvalue weighted by Gasteiger charge is -2.12. The van der Waals surface area contributed by atoms with Crippen molar-refractivity contribution in [1.29, 1.82) is 0 Å². The minimum absolute atomic E-state index is 0. The van der Waals surface area contributed by atoms with Gasteiger partial charge in [0.25, 0.3) is 0 Å². The van der Waals surface area contributed by atoms with E-state index in [-0.39, 0.29) is 29.7 Å². The van der Waals surface area contributed by atoms with Gasteiger partial charge in [-0.15, -0.1) is 24.0 Å². The maximum Gasteiger partial charge on any atom is 0.191 e. The second-order valence-corrected chi connectivity index (χ2v) is 6.46. The molecule has 0 saturated carbocycles. The number of hydrogen-bond acceptors (Lipinski definition) is 4. The Morgan fingerprint density at radius 3 is 2.60 bits per heavy atom. The summed E-state index contributed by atoms with van der Waals surface area (Å²) in [5.41, 5.74) is 2.99. The molecule has 0 aliphatic rings. The van der Waals surface area contributed by atoms with E-state index in [0.717, 1.165) is 30.8 Å². The largest absolute Gasteiger partial charge is 0.504 e. The van der Waals surface area contributed by atoms with Gasteiger partial charge in [0.15, 0.2) is 17.5 Å². The van der Waals surface area contributed by atoms with E-state index < -0.39 is 0 Å². The first-order chi connectivity index (χ1) is 14.2. The summed E-state index contributed by atoms with van der Waals surface area (Å²) in [7, 11) is 1.54. The van der Waals surface area contributed by atoms with Crippen molar-refractivity contribution in [3.63, 3.8) is 0 Å². The molecule has 0 atom stereocenters. The Labute approximate surface area is 194 Å². The predicted octanol–water partition coefficient (Wildman–Crippen LogP) is 3.50. The van der Waals surface area contributed by atoms with Crippen LogP contribution in [0.5, 0.6) is 11.5 Å². The Hall–Kier alpha value is -2.75. The fourth-order valence-corrected chi connectivity index (χ4v) is 2.93. The van der Waals surface area contributed by atoms with Gasteiger partial charge in [0.05, 0.1) is 19.3 Å². The molecule has 0 bridgehead atoms. The number of halogens is 1. The lowest BCUT2D eigenvalue weighted by Crippen LogP contribution is -2.38. The van der Waals surface area contributed by atoms with E-state index in [4.69, 9.17) is 4.74 Å². The van der Waals surface area contributed by atoms with E-state index in [2.05, 4.69) is 45.0 Å². The highest BCUT2D eigenvalue weighted by atomic mass is 127. The molecule has 3 N–H and O–H groups in total. The fraction of sp³-hybridized carbons (Fsp3) is 0.273. The summed E-state index contributed by atoms with van der Waals surface area (Å²) in [6, 6.07) is 15.7. The average Bonchev–Trinajstić information content (AvgIpc) is 3.28. The molecule has 1 aromatic heterocycles. The number of para-hydroxylation sites is 1. The van der Waals surface area contributed by atoms with Crippen LogP contribution in [-0.4, -0.2) is 41.0 Å². The summed E-state index contributed by atoms with van der Waals surface area (Å²) in [6.07, 6.45) is 4.56. The minimum atomic E-state index is 0. The molecule has 7 nitrogen and oxygen atoms in total. The van der Waals surface area contributed by atoms with E-state index in [1.54, 1.807) is 12.3 Å². The van der Waals surface area contributed by atoms with Crippen molar-refractivity contribution in [1.82, 2.24) is 20.4 Å². The van der Waals surface area contributed by atoms with E-state index in [9.17, 15) is 5.11 Å². The van der Waals surface area contributed by atoms with Crippen molar-refractivity contribution in [3.8, 4) is 17.2 Å². The molecule has 8 heteroatoms. The quantitative estimate of drug-likeness (QED) is 0.240. The summed E-state index contributed by atoms with van der Waals surface area (Å²) in [6.45, 7) is 3.89. The Balaban J connectivity index is 0.00000320. The molecule has 1 heterocycles. The molecule has 3 rings (SSSR count). The first kappa shape index (κ1) is 23.5. The van der Waals surface area contributed by atoms with Gasteiger partial charge in [-0.05, 0) is 43.2 Å². The third-order valence-electron chi connectivity index (χ3n) is 4.47. The highest BCUT2D eigenvalue weighted by Crippen LogP contribution is 2.29. The van der Waals surface area contributed by atoms with Crippen LogP contribution >= 0.6 is 24.0 Å². The van der Waals surface area contributed by atoms with Gasteiger partial charge >= 0.3 is 0 Å². The number of aromatic hydroxyl groups is 1. The second-order valence-electron chi connectivity index (χ2n) is 6.46. The summed E-state index contributed by atoms with van der Waals surface area (Å²) >= 11 is 0. The lowest BCUT2D eigenvalue weighted by atomic mass is 10.1. The molecule has 0 aliphatic carbocycles. The SMILES string of the molecule is CCNC(=NCc1cccc(OC)c1O)NCCc1ccc(-n2cccn2)cc1.I. The van der Waals surface area contributed by atoms with Crippen LogP contribution in [0.3, 0.4) is 0 Å². The number of nitrogens with one attached hydrogen (secondary N) is 2. The Morgan fingerprint density at radius 2 is 1.93 bits per heavy atom. The highest BCUT2D eigenvalue weighted by molar-refractivity contribution is 14.0. The van der Waals surface area contributed by atoms with Gasteiger partial charge in [-0.1, -0.05) is 24.3 Å². The number of aliphatic imine (C=N–C) groups is 1. The number of guanidine groups is 1. The molecule has 30 heavy (non-hydrogen) atoms. The van der Waals surface area contributed by atoms with Crippen LogP contribution in [0.4, 0.5) is 0 Å². The van der Waals surface area contributed by atoms with Crippen LogP contribution < -0.4 is 15.4 Å². The number of hydrogen-bond donors (Lipinski definition) is 3. The van der Waals surface area contributed by atoms with Crippen LogP contribution in [0.25, 0.3) is 5.69 Å². The zero-order valence-corrected chi connectivity index (χ0v) is 19.5. The topological polar surface area (TPSA) is 83.7 Å². The van der Waals surface area contributed by atoms with Crippen LogP contribution in [-0.2, 0) is 13.0 Å². The zero-order chi connectivity index (χ0) is 20.5. The molecule has 0 unspecified atom stereocenters. The Bertz CT molecular complexity index is 927. The van der Waals surface area contributed by atoms with Crippen LogP contribution in [0, 0.1) is 0 Å². The third-order valence-corrected chi connectivity index (χ3v) is 4.47. The molecular formula is C22H28IN5O2. The molecule has 0 radical (unpaired) electrons. The number of ether oxygens (including phenoxy) is 1. The lowest BCUT2D eigenvalue weighted by molar-refractivity contribution is 0.370. The van der Waals surface area contributed by atoms with Gasteiger partial charge < -0.3 is 20.5 Å². The highest BCUT2D eigenvalue weighted by Gasteiger charge is 2.07. The molecule has 2 aromatic carbocycles. The maximum absolute atomic E-state index is 10.2. The summed E-state index contributed by atoms with van der Waals surface area (Å²) < 4.78 is 6.99. The molecule has 0 aliphatic heterocycles. The van der Waals surface area contributed by atoms with E-state index in [0.29, 0.717) is 18.3 Å². The number of rotatable bonds is 8. The summed E-state index contributed by atoms with van der Waals surface area (Å²) in [5.74, 6) is 1.30. The number of methoxy groups -OCH3 is 1. The summed E-state index contributed by atoms with van der Waals surface area (Å²) in [4.78, 5) is 4.57. The smallest absolute Gasteiger partial charge is 0.191 e. The first-order valence-electron chi connectivity index (χ1n) is 9.67. The number of benzene rings is 2. The van der Waals surface area contributed by atoms with E-state index in [1.165, 1.54) is 12.7 Å². The summed E-state index contributed by atoms with van der Waals surface area (Å²) in [5, 5.41) is 21.0. The Morgan fingerprint density at radius 1 is 1.13 bits per heavy atom. The van der Waals surface area contributed by atoms with Gasteiger partial charge in [0.1, 0.15) is 0 Å². The monoisotopic (exact) mass is 521 g/mol. The average molecular weight is 521 g/mol. The normalized spacial score (nSPS) is 10.9. The van der Waals surface area contributed by atoms with E-state index in [1.807, 2.05) is 36.0 Å². The number of nitrogens with zero attached hydrogens (tertiary/aromatic N) is 3. The van der Waals surface area contributed by atoms with Crippen molar-refractivity contribution in [2.24, 2.45) is 4.99 Å². The van der Waals surface area contributed by atoms with E-state index >= 15 is 0 Å².